The Bertz CT molecular complexity index is 2250. The maximum absolute atomic E-state index is 14.0. The second kappa shape index (κ2) is 13.6. The second-order valence-electron chi connectivity index (χ2n) is 14.5. The number of ether oxygens (including phenoxy) is 4. The average molecular weight is 761 g/mol. The first-order valence-electron chi connectivity index (χ1n) is 17.8. The number of Topliss-reactive ketones (excluding diaryl/α,β-unsaturated/α-hetero) is 1. The van der Waals surface area contributed by atoms with Crippen molar-refractivity contribution in [2.45, 2.75) is 81.7 Å². The number of methoxy groups -OCH3 is 1. The lowest BCUT2D eigenvalue weighted by Gasteiger charge is -2.48. The van der Waals surface area contributed by atoms with Gasteiger partial charge in [0.05, 0.1) is 61.2 Å². The van der Waals surface area contributed by atoms with Crippen LogP contribution in [0.5, 0.6) is 17.2 Å². The van der Waals surface area contributed by atoms with Crippen molar-refractivity contribution >= 4 is 34.3 Å². The third-order valence-corrected chi connectivity index (χ3v) is 11.3. The molecule has 7 N–H and O–H groups in total. The Morgan fingerprint density at radius 3 is 2.56 bits per heavy atom. The fourth-order valence-corrected chi connectivity index (χ4v) is 8.41. The van der Waals surface area contributed by atoms with Crippen molar-refractivity contribution in [1.82, 2.24) is 24.4 Å². The summed E-state index contributed by atoms with van der Waals surface area (Å²) in [6.45, 7) is 2.92. The highest BCUT2D eigenvalue weighted by Gasteiger charge is 2.50. The molecule has 290 valence electrons. The monoisotopic (exact) mass is 760 g/mol. The summed E-state index contributed by atoms with van der Waals surface area (Å²) in [5.41, 5.74) is 3.44. The zero-order valence-corrected chi connectivity index (χ0v) is 30.1. The van der Waals surface area contributed by atoms with Crippen molar-refractivity contribution in [3.8, 4) is 17.2 Å². The van der Waals surface area contributed by atoms with Crippen molar-refractivity contribution in [2.75, 3.05) is 32.5 Å². The minimum Gasteiger partial charge on any atom is -0.507 e. The number of benzene rings is 2. The van der Waals surface area contributed by atoms with Crippen molar-refractivity contribution in [3.05, 3.63) is 64.2 Å². The van der Waals surface area contributed by atoms with Gasteiger partial charge in [-0.25, -0.2) is 15.0 Å². The summed E-state index contributed by atoms with van der Waals surface area (Å²) in [6, 6.07) is 3.77. The number of ketones is 3. The molecule has 0 bridgehead atoms. The maximum atomic E-state index is 14.0. The van der Waals surface area contributed by atoms with Crippen LogP contribution in [0.3, 0.4) is 0 Å². The predicted molar refractivity (Wildman–Crippen MR) is 188 cm³/mol. The van der Waals surface area contributed by atoms with Crippen LogP contribution in [0.2, 0.25) is 0 Å². The van der Waals surface area contributed by atoms with Crippen LogP contribution in [0.25, 0.3) is 11.2 Å². The molecule has 0 amide bonds. The molecule has 0 unspecified atom stereocenters. The number of hydrogen-bond acceptors (Lipinski definition) is 17. The van der Waals surface area contributed by atoms with Crippen LogP contribution in [-0.4, -0.2) is 130 Å². The number of morpholine rings is 1. The number of aliphatic hydroxyl groups is 3. The van der Waals surface area contributed by atoms with Crippen LogP contribution < -0.4 is 10.5 Å². The number of phenolic OH excluding ortho intramolecular Hbond substituents is 2. The van der Waals surface area contributed by atoms with Gasteiger partial charge in [-0.15, -0.1) is 0 Å². The van der Waals surface area contributed by atoms with Crippen LogP contribution in [0.1, 0.15) is 82.0 Å². The summed E-state index contributed by atoms with van der Waals surface area (Å²) in [5.74, 6) is -3.20. The van der Waals surface area contributed by atoms with Crippen molar-refractivity contribution < 1.29 is 58.9 Å². The summed E-state index contributed by atoms with van der Waals surface area (Å²) in [5, 5.41) is 56.9. The molecule has 4 aliphatic rings. The van der Waals surface area contributed by atoms with E-state index >= 15 is 0 Å². The fraction of sp³-hybridized carbons (Fsp3) is 0.459. The highest BCUT2D eigenvalue weighted by Crippen LogP contribution is 2.52. The molecule has 2 aliphatic heterocycles. The molecule has 55 heavy (non-hydrogen) atoms. The smallest absolute Gasteiger partial charge is 0.202 e. The number of imidazole rings is 1. The standard InChI is InChI=1S/C37H40N6O12/c1-15-30(46)20(42-10-17(12-44)54-23(11-42)43-14-41-29-35(38)39-13-40-36(29)43)7-24(53-15)55-22-9-37(51,16(2)45)8-19-26(22)34(50)28-27(32(19)48)31(47)18-5-4-6-21(52-3)25(18)33(28)49/h4-6,13-15,17,20,22-24,30,44,46,48,50-51H,7-12H2,1-3H3,(H2,38,39,40)/t15-,17+,20-,22-,23-,24-,30+,37-/m0/s1. The number of rotatable bonds is 7. The first-order chi connectivity index (χ1) is 26.3. The Hall–Kier alpha value is -5.08. The van der Waals surface area contributed by atoms with E-state index in [0.29, 0.717) is 11.2 Å². The number of aromatic hydroxyl groups is 2. The van der Waals surface area contributed by atoms with Gasteiger partial charge in [-0.05, 0) is 19.9 Å². The lowest BCUT2D eigenvalue weighted by atomic mass is 9.72. The van der Waals surface area contributed by atoms with E-state index in [0.717, 1.165) is 0 Å². The molecule has 4 heterocycles. The fourth-order valence-electron chi connectivity index (χ4n) is 8.41. The minimum absolute atomic E-state index is 0.0280. The molecular weight excluding hydrogens is 720 g/mol. The Kier molecular flexibility index (Phi) is 9.11. The second-order valence-corrected chi connectivity index (χ2v) is 14.5. The van der Waals surface area contributed by atoms with Crippen LogP contribution in [-0.2, 0) is 25.4 Å². The Morgan fingerprint density at radius 1 is 1.07 bits per heavy atom. The molecule has 2 aromatic heterocycles. The summed E-state index contributed by atoms with van der Waals surface area (Å²) in [4.78, 5) is 55.3. The third kappa shape index (κ3) is 5.83. The molecule has 0 spiro atoms. The molecule has 18 heteroatoms. The Labute approximate surface area is 313 Å². The highest BCUT2D eigenvalue weighted by molar-refractivity contribution is 6.31. The lowest BCUT2D eigenvalue weighted by molar-refractivity contribution is -0.265. The SMILES string of the molecule is COc1cccc2c1C(=O)c1c(O)c3c(c(O)c1C2=O)C[C@@](O)(C(C)=O)C[C@@H]3O[C@H]1C[C@H](N2C[C@H](CO)O[C@H](n3cnc4c(N)ncnc43)C2)[C@H](O)[C@H](C)O1. The first-order valence-corrected chi connectivity index (χ1v) is 17.8. The molecular formula is C37H40N6O12. The minimum atomic E-state index is -2.09. The summed E-state index contributed by atoms with van der Waals surface area (Å²) < 4.78 is 25.8. The quantitative estimate of drug-likeness (QED) is 0.125. The van der Waals surface area contributed by atoms with E-state index in [2.05, 4.69) is 15.0 Å². The zero-order chi connectivity index (χ0) is 39.1. The molecule has 0 radical (unpaired) electrons. The first kappa shape index (κ1) is 36.9. The number of nitrogens with zero attached hydrogens (tertiary/aromatic N) is 5. The number of carbonyl (C=O) groups is 3. The van der Waals surface area contributed by atoms with Gasteiger partial charge in [0, 0.05) is 55.1 Å². The molecule has 2 saturated heterocycles. The number of nitrogens with two attached hydrogens (primary N) is 1. The molecule has 0 saturated carbocycles. The average Bonchev–Trinajstić information content (AvgIpc) is 3.61. The Balaban J connectivity index is 1.14. The van der Waals surface area contributed by atoms with E-state index in [1.54, 1.807) is 11.5 Å². The van der Waals surface area contributed by atoms with Crippen molar-refractivity contribution in [3.63, 3.8) is 0 Å². The molecule has 8 atom stereocenters. The number of fused-ring (bicyclic) bond motifs is 4. The van der Waals surface area contributed by atoms with Gasteiger partial charge in [0.2, 0.25) is 5.78 Å². The van der Waals surface area contributed by atoms with Crippen molar-refractivity contribution in [2.24, 2.45) is 0 Å². The number of anilines is 1. The van der Waals surface area contributed by atoms with E-state index in [1.165, 1.54) is 44.9 Å². The van der Waals surface area contributed by atoms with Gasteiger partial charge in [0.15, 0.2) is 29.3 Å². The molecule has 4 aromatic rings. The zero-order valence-electron chi connectivity index (χ0n) is 30.1. The number of nitrogen functional groups attached to an aromatic ring is 1. The molecule has 2 aromatic carbocycles. The van der Waals surface area contributed by atoms with Gasteiger partial charge in [0.25, 0.3) is 0 Å². The van der Waals surface area contributed by atoms with Gasteiger partial charge in [-0.2, -0.15) is 0 Å². The topological polar surface area (TPSA) is 262 Å². The highest BCUT2D eigenvalue weighted by atomic mass is 16.7. The molecule has 2 aliphatic carbocycles. The molecule has 2 fully saturated rings. The van der Waals surface area contributed by atoms with E-state index < -0.39 is 101 Å². The van der Waals surface area contributed by atoms with Crippen LogP contribution in [0.4, 0.5) is 5.82 Å². The van der Waals surface area contributed by atoms with E-state index in [1.807, 2.05) is 4.90 Å². The number of hydrogen-bond donors (Lipinski definition) is 6. The van der Waals surface area contributed by atoms with E-state index in [-0.39, 0.29) is 59.9 Å². The third-order valence-electron chi connectivity index (χ3n) is 11.3. The van der Waals surface area contributed by atoms with Crippen LogP contribution >= 0.6 is 0 Å². The predicted octanol–water partition coefficient (Wildman–Crippen LogP) is 0.684. The summed E-state index contributed by atoms with van der Waals surface area (Å²) in [6.07, 6.45) is -3.74. The summed E-state index contributed by atoms with van der Waals surface area (Å²) >= 11 is 0. The maximum Gasteiger partial charge on any atom is 0.202 e. The van der Waals surface area contributed by atoms with Gasteiger partial charge in [-0.1, -0.05) is 12.1 Å². The number of carbonyl (C=O) groups excluding carboxylic acids is 3. The van der Waals surface area contributed by atoms with Crippen LogP contribution in [0.15, 0.2) is 30.9 Å². The van der Waals surface area contributed by atoms with E-state index in [4.69, 9.17) is 24.7 Å². The summed E-state index contributed by atoms with van der Waals surface area (Å²) in [7, 11) is 1.33. The van der Waals surface area contributed by atoms with Gasteiger partial charge in [-0.3, -0.25) is 23.9 Å². The molecule has 8 rings (SSSR count). The van der Waals surface area contributed by atoms with Gasteiger partial charge in [0.1, 0.15) is 40.9 Å². The Morgan fingerprint density at radius 2 is 1.84 bits per heavy atom. The van der Waals surface area contributed by atoms with E-state index in [9.17, 15) is 39.9 Å². The number of aromatic nitrogens is 4. The largest absolute Gasteiger partial charge is 0.507 e. The molecule has 18 nitrogen and oxygen atoms in total. The van der Waals surface area contributed by atoms with Crippen LogP contribution in [0, 0.1) is 0 Å². The lowest BCUT2D eigenvalue weighted by Crippen LogP contribution is -2.60. The normalized spacial score (nSPS) is 29.5. The number of phenols is 2. The van der Waals surface area contributed by atoms with Gasteiger partial charge < -0.3 is 50.2 Å². The van der Waals surface area contributed by atoms with Gasteiger partial charge >= 0.3 is 0 Å². The number of aliphatic hydroxyl groups excluding tert-OH is 2. The van der Waals surface area contributed by atoms with Crippen molar-refractivity contribution in [1.29, 1.82) is 0 Å².